The number of fused-ring (bicyclic) bond motifs is 1. The molecule has 3 aromatic rings. The molecule has 0 aliphatic carbocycles. The van der Waals surface area contributed by atoms with Crippen LogP contribution in [0.1, 0.15) is 6.92 Å². The molecular formula is C20H20N2O6S. The van der Waals surface area contributed by atoms with Crippen molar-refractivity contribution < 1.29 is 22.4 Å². The summed E-state index contributed by atoms with van der Waals surface area (Å²) in [6, 6.07) is 12.7. The standard InChI is InChI=1S/C20H20N2O6S/c1-3-12-22(15-8-6-5-7-9-15)29(25,26)16-10-11-17-18(13-16)28-20(24)21(17)14-19(23)27-4-2/h3,5-11,13H,1,4,12,14H2,2H3. The molecule has 1 aromatic heterocycles. The van der Waals surface area contributed by atoms with Crippen LogP contribution in [0.5, 0.6) is 0 Å². The second-order valence-electron chi connectivity index (χ2n) is 6.05. The molecule has 2 aromatic carbocycles. The lowest BCUT2D eigenvalue weighted by molar-refractivity contribution is -0.143. The fourth-order valence-corrected chi connectivity index (χ4v) is 4.33. The van der Waals surface area contributed by atoms with E-state index in [1.807, 2.05) is 0 Å². The zero-order valence-electron chi connectivity index (χ0n) is 15.8. The Morgan fingerprint density at radius 3 is 2.62 bits per heavy atom. The van der Waals surface area contributed by atoms with Gasteiger partial charge in [0, 0.05) is 6.07 Å². The van der Waals surface area contributed by atoms with Crippen LogP contribution in [0.15, 0.2) is 75.3 Å². The molecule has 0 saturated heterocycles. The van der Waals surface area contributed by atoms with E-state index in [1.165, 1.54) is 28.6 Å². The molecule has 3 rings (SSSR count). The van der Waals surface area contributed by atoms with E-state index in [0.29, 0.717) is 11.2 Å². The minimum atomic E-state index is -3.94. The van der Waals surface area contributed by atoms with E-state index in [9.17, 15) is 18.0 Å². The third kappa shape index (κ3) is 4.09. The van der Waals surface area contributed by atoms with Gasteiger partial charge in [0.05, 0.1) is 29.3 Å². The predicted molar refractivity (Wildman–Crippen MR) is 108 cm³/mol. The fraction of sp³-hybridized carbons (Fsp3) is 0.200. The highest BCUT2D eigenvalue weighted by Crippen LogP contribution is 2.26. The van der Waals surface area contributed by atoms with Gasteiger partial charge >= 0.3 is 11.7 Å². The second-order valence-corrected chi connectivity index (χ2v) is 7.91. The lowest BCUT2D eigenvalue weighted by Crippen LogP contribution is -2.31. The number of oxazole rings is 1. The summed E-state index contributed by atoms with van der Waals surface area (Å²) in [7, 11) is -3.94. The van der Waals surface area contributed by atoms with E-state index in [0.717, 1.165) is 4.57 Å². The third-order valence-corrected chi connectivity index (χ3v) is 5.95. The zero-order valence-corrected chi connectivity index (χ0v) is 16.6. The molecule has 0 amide bonds. The molecule has 29 heavy (non-hydrogen) atoms. The molecule has 0 saturated carbocycles. The molecule has 0 unspecified atom stereocenters. The number of benzene rings is 2. The lowest BCUT2D eigenvalue weighted by Gasteiger charge is -2.23. The van der Waals surface area contributed by atoms with Crippen LogP contribution >= 0.6 is 0 Å². The van der Waals surface area contributed by atoms with Crippen LogP contribution in [0.25, 0.3) is 11.1 Å². The first-order valence-corrected chi connectivity index (χ1v) is 10.3. The van der Waals surface area contributed by atoms with Gasteiger partial charge in [0.2, 0.25) is 0 Å². The van der Waals surface area contributed by atoms with Gasteiger partial charge in [-0.2, -0.15) is 0 Å². The molecule has 0 aliphatic rings. The van der Waals surface area contributed by atoms with Gasteiger partial charge in [-0.25, -0.2) is 13.2 Å². The van der Waals surface area contributed by atoms with Crippen molar-refractivity contribution in [2.24, 2.45) is 0 Å². The van der Waals surface area contributed by atoms with E-state index in [-0.39, 0.29) is 30.2 Å². The number of sulfonamides is 1. The molecule has 0 N–H and O–H groups in total. The smallest absolute Gasteiger partial charge is 0.420 e. The topological polar surface area (TPSA) is 98.8 Å². The number of hydrogen-bond acceptors (Lipinski definition) is 6. The first-order valence-electron chi connectivity index (χ1n) is 8.86. The number of anilines is 1. The largest absolute Gasteiger partial charge is 0.465 e. The number of rotatable bonds is 8. The van der Waals surface area contributed by atoms with Crippen molar-refractivity contribution in [1.29, 1.82) is 0 Å². The average molecular weight is 416 g/mol. The molecule has 0 fully saturated rings. The van der Waals surface area contributed by atoms with E-state index in [4.69, 9.17) is 9.15 Å². The Balaban J connectivity index is 2.04. The van der Waals surface area contributed by atoms with Crippen molar-refractivity contribution in [3.8, 4) is 0 Å². The van der Waals surface area contributed by atoms with E-state index < -0.39 is 21.7 Å². The summed E-state index contributed by atoms with van der Waals surface area (Å²) in [4.78, 5) is 23.8. The second kappa shape index (κ2) is 8.36. The Kier molecular flexibility index (Phi) is 5.88. The number of carbonyl (C=O) groups is 1. The SMILES string of the molecule is C=CCN(c1ccccc1)S(=O)(=O)c1ccc2c(c1)oc(=O)n2CC(=O)OCC. The van der Waals surface area contributed by atoms with Gasteiger partial charge in [0.1, 0.15) is 6.54 Å². The molecule has 152 valence electrons. The predicted octanol–water partition coefficient (Wildman–Crippen LogP) is 2.54. The van der Waals surface area contributed by atoms with Crippen molar-refractivity contribution in [2.45, 2.75) is 18.4 Å². The highest BCUT2D eigenvalue weighted by molar-refractivity contribution is 7.92. The minimum Gasteiger partial charge on any atom is -0.465 e. The van der Waals surface area contributed by atoms with Gasteiger partial charge in [-0.05, 0) is 31.2 Å². The summed E-state index contributed by atoms with van der Waals surface area (Å²) in [5, 5.41) is 0. The van der Waals surface area contributed by atoms with Crippen LogP contribution in [0, 0.1) is 0 Å². The summed E-state index contributed by atoms with van der Waals surface area (Å²) in [6.45, 7) is 5.22. The summed E-state index contributed by atoms with van der Waals surface area (Å²) in [5.41, 5.74) is 0.845. The maximum atomic E-state index is 13.2. The average Bonchev–Trinajstić information content (AvgIpc) is 3.01. The maximum absolute atomic E-state index is 13.2. The Bertz CT molecular complexity index is 1190. The first kappa shape index (κ1) is 20.4. The zero-order chi connectivity index (χ0) is 21.0. The van der Waals surface area contributed by atoms with E-state index >= 15 is 0 Å². The van der Waals surface area contributed by atoms with Crippen molar-refractivity contribution in [1.82, 2.24) is 4.57 Å². The minimum absolute atomic E-state index is 0.0484. The fourth-order valence-electron chi connectivity index (χ4n) is 2.87. The number of hydrogen-bond donors (Lipinski definition) is 0. The lowest BCUT2D eigenvalue weighted by atomic mass is 10.3. The van der Waals surface area contributed by atoms with Crippen LogP contribution < -0.4 is 10.1 Å². The molecule has 0 radical (unpaired) electrons. The van der Waals surface area contributed by atoms with Crippen LogP contribution in [-0.2, 0) is 26.1 Å². The highest BCUT2D eigenvalue weighted by Gasteiger charge is 2.25. The Labute approximate surface area is 167 Å². The van der Waals surface area contributed by atoms with Crippen molar-refractivity contribution in [3.63, 3.8) is 0 Å². The van der Waals surface area contributed by atoms with Gasteiger partial charge in [-0.15, -0.1) is 6.58 Å². The molecular weight excluding hydrogens is 396 g/mol. The Hall–Kier alpha value is -3.33. The molecule has 8 nitrogen and oxygen atoms in total. The summed E-state index contributed by atoms with van der Waals surface area (Å²) >= 11 is 0. The maximum Gasteiger partial charge on any atom is 0.420 e. The van der Waals surface area contributed by atoms with Crippen molar-refractivity contribution in [2.75, 3.05) is 17.5 Å². The summed E-state index contributed by atoms with van der Waals surface area (Å²) in [6.07, 6.45) is 1.49. The van der Waals surface area contributed by atoms with Crippen LogP contribution in [0.2, 0.25) is 0 Å². The van der Waals surface area contributed by atoms with Crippen molar-refractivity contribution >= 4 is 32.8 Å². The molecule has 9 heteroatoms. The van der Waals surface area contributed by atoms with Crippen LogP contribution in [0.4, 0.5) is 5.69 Å². The monoisotopic (exact) mass is 416 g/mol. The highest BCUT2D eigenvalue weighted by atomic mass is 32.2. The van der Waals surface area contributed by atoms with Gasteiger partial charge in [0.25, 0.3) is 10.0 Å². The Morgan fingerprint density at radius 1 is 1.24 bits per heavy atom. The summed E-state index contributed by atoms with van der Waals surface area (Å²) in [5.74, 6) is -1.36. The number of para-hydroxylation sites is 1. The third-order valence-electron chi connectivity index (χ3n) is 4.16. The van der Waals surface area contributed by atoms with Gasteiger partial charge in [0.15, 0.2) is 5.58 Å². The van der Waals surface area contributed by atoms with Crippen molar-refractivity contribution in [3.05, 3.63) is 71.7 Å². The van der Waals surface area contributed by atoms with E-state index in [2.05, 4.69) is 6.58 Å². The summed E-state index contributed by atoms with van der Waals surface area (Å²) < 4.78 is 38.7. The number of ether oxygens (including phenoxy) is 1. The van der Waals surface area contributed by atoms with Crippen LogP contribution in [0.3, 0.4) is 0 Å². The Morgan fingerprint density at radius 2 is 1.97 bits per heavy atom. The van der Waals surface area contributed by atoms with Gasteiger partial charge < -0.3 is 9.15 Å². The molecule has 0 aliphatic heterocycles. The van der Waals surface area contributed by atoms with Gasteiger partial charge in [-0.3, -0.25) is 13.7 Å². The van der Waals surface area contributed by atoms with Crippen LogP contribution in [-0.4, -0.2) is 32.1 Å². The quantitative estimate of drug-likeness (QED) is 0.413. The first-order chi connectivity index (χ1) is 13.9. The molecule has 0 bridgehead atoms. The normalized spacial score (nSPS) is 11.3. The molecule has 0 spiro atoms. The number of aromatic nitrogens is 1. The van der Waals surface area contributed by atoms with Gasteiger partial charge in [-0.1, -0.05) is 24.3 Å². The number of esters is 1. The molecule has 0 atom stereocenters. The number of carbonyl (C=O) groups excluding carboxylic acids is 1. The molecule has 1 heterocycles. The number of nitrogens with zero attached hydrogens (tertiary/aromatic N) is 2. The van der Waals surface area contributed by atoms with E-state index in [1.54, 1.807) is 37.3 Å².